The molecule has 8 heteroatoms. The van der Waals surface area contributed by atoms with Crippen LogP contribution in [0.2, 0.25) is 0 Å². The summed E-state index contributed by atoms with van der Waals surface area (Å²) in [4.78, 5) is 8.58. The van der Waals surface area contributed by atoms with E-state index in [1.54, 1.807) is 0 Å². The van der Waals surface area contributed by atoms with E-state index in [2.05, 4.69) is 32.8 Å². The number of rotatable bonds is 4. The number of piperidine rings is 1. The van der Waals surface area contributed by atoms with E-state index in [9.17, 15) is 0 Å². The molecule has 140 valence electrons. The van der Waals surface area contributed by atoms with Crippen molar-refractivity contribution in [3.63, 3.8) is 0 Å². The Morgan fingerprint density at radius 3 is 2.93 bits per heavy atom. The molecule has 0 radical (unpaired) electrons. The smallest absolute Gasteiger partial charge is 0.251 e. The molecule has 2 atom stereocenters. The number of anilines is 1. The van der Waals surface area contributed by atoms with Crippen LogP contribution in [0.15, 0.2) is 42.6 Å². The van der Waals surface area contributed by atoms with Crippen molar-refractivity contribution in [3.8, 4) is 5.88 Å². The van der Waals surface area contributed by atoms with Crippen LogP contribution in [0.3, 0.4) is 0 Å². The highest BCUT2D eigenvalue weighted by atomic mass is 16.5. The molecule has 3 aliphatic rings. The first-order valence-corrected chi connectivity index (χ1v) is 9.46. The Labute approximate surface area is 157 Å². The Bertz CT molecular complexity index is 939. The summed E-state index contributed by atoms with van der Waals surface area (Å²) in [6, 6.07) is 0.224. The molecular weight excluding hydrogens is 342 g/mol. The van der Waals surface area contributed by atoms with Gasteiger partial charge in [-0.2, -0.15) is 0 Å². The van der Waals surface area contributed by atoms with Gasteiger partial charge in [0.15, 0.2) is 5.65 Å². The van der Waals surface area contributed by atoms with Gasteiger partial charge < -0.3 is 21.1 Å². The van der Waals surface area contributed by atoms with Crippen LogP contribution in [0, 0.1) is 11.8 Å². The van der Waals surface area contributed by atoms with E-state index in [-0.39, 0.29) is 12.0 Å². The number of aromatic nitrogens is 4. The molecule has 2 aromatic rings. The fraction of sp³-hybridized carbons (Fsp3) is 0.421. The Morgan fingerprint density at radius 1 is 1.19 bits per heavy atom. The van der Waals surface area contributed by atoms with E-state index in [4.69, 9.17) is 15.6 Å². The summed E-state index contributed by atoms with van der Waals surface area (Å²) in [6.07, 6.45) is 14.0. The lowest BCUT2D eigenvalue weighted by Gasteiger charge is -2.22. The van der Waals surface area contributed by atoms with Gasteiger partial charge in [0, 0.05) is 12.7 Å². The van der Waals surface area contributed by atoms with Gasteiger partial charge >= 0.3 is 0 Å². The minimum absolute atomic E-state index is 0.158. The highest BCUT2D eigenvalue weighted by Gasteiger charge is 2.30. The molecular formula is C19H23N7O. The summed E-state index contributed by atoms with van der Waals surface area (Å²) in [6.45, 7) is 2.90. The molecule has 0 saturated carbocycles. The molecule has 5 rings (SSSR count). The molecule has 2 aromatic heterocycles. The fourth-order valence-electron chi connectivity index (χ4n) is 4.03. The fourth-order valence-corrected chi connectivity index (χ4v) is 4.03. The number of fused-ring (bicyclic) bond motifs is 2. The standard InChI is InChI=1S/C19H23N7O/c20-17-16-18(24-11-23-17)26(10-12-5-7-21-8-6-12)25-19(16)27-15-9-22-14-4-2-1-3-13(14)15/h1-4,9,11-14,21-22H,5-8,10H2,(H2,20,23,24). The molecule has 27 heavy (non-hydrogen) atoms. The number of nitrogen functional groups attached to an aromatic ring is 1. The van der Waals surface area contributed by atoms with Gasteiger partial charge in [-0.3, -0.25) is 0 Å². The number of nitrogens with two attached hydrogens (primary N) is 1. The number of allylic oxidation sites excluding steroid dienone is 2. The molecule has 2 unspecified atom stereocenters. The third kappa shape index (κ3) is 2.95. The Morgan fingerprint density at radius 2 is 2.04 bits per heavy atom. The van der Waals surface area contributed by atoms with Crippen molar-refractivity contribution in [1.29, 1.82) is 0 Å². The average molecular weight is 365 g/mol. The molecule has 0 bridgehead atoms. The van der Waals surface area contributed by atoms with Gasteiger partial charge in [-0.15, -0.1) is 5.10 Å². The lowest BCUT2D eigenvalue weighted by Crippen LogP contribution is -2.30. The number of hydrogen-bond acceptors (Lipinski definition) is 7. The van der Waals surface area contributed by atoms with Gasteiger partial charge in [-0.25, -0.2) is 14.6 Å². The summed E-state index contributed by atoms with van der Waals surface area (Å²) in [5, 5.41) is 12.1. The second-order valence-corrected chi connectivity index (χ2v) is 7.27. The van der Waals surface area contributed by atoms with Gasteiger partial charge in [0.25, 0.3) is 5.88 Å². The second-order valence-electron chi connectivity index (χ2n) is 7.27. The van der Waals surface area contributed by atoms with Crippen molar-refractivity contribution in [2.45, 2.75) is 25.4 Å². The zero-order chi connectivity index (χ0) is 18.2. The van der Waals surface area contributed by atoms with Crippen LogP contribution in [0.4, 0.5) is 5.82 Å². The predicted molar refractivity (Wildman–Crippen MR) is 103 cm³/mol. The van der Waals surface area contributed by atoms with Gasteiger partial charge in [-0.1, -0.05) is 24.3 Å². The van der Waals surface area contributed by atoms with Crippen LogP contribution in [-0.4, -0.2) is 38.9 Å². The topological polar surface area (TPSA) is 103 Å². The lowest BCUT2D eigenvalue weighted by molar-refractivity contribution is 0.314. The molecule has 1 saturated heterocycles. The molecule has 1 fully saturated rings. The molecule has 4 heterocycles. The van der Waals surface area contributed by atoms with Crippen LogP contribution < -0.4 is 21.1 Å². The summed E-state index contributed by atoms with van der Waals surface area (Å²) in [7, 11) is 0. The third-order valence-corrected chi connectivity index (χ3v) is 5.51. The predicted octanol–water partition coefficient (Wildman–Crippen LogP) is 1.34. The molecule has 2 aliphatic heterocycles. The lowest BCUT2D eigenvalue weighted by atomic mass is 9.96. The molecule has 0 spiro atoms. The first-order chi connectivity index (χ1) is 13.3. The maximum absolute atomic E-state index is 6.22. The van der Waals surface area contributed by atoms with Crippen molar-refractivity contribution in [1.82, 2.24) is 30.4 Å². The van der Waals surface area contributed by atoms with Crippen LogP contribution >= 0.6 is 0 Å². The van der Waals surface area contributed by atoms with E-state index < -0.39 is 0 Å². The van der Waals surface area contributed by atoms with Crippen molar-refractivity contribution in [3.05, 3.63) is 42.6 Å². The average Bonchev–Trinajstić information content (AvgIpc) is 3.26. The minimum atomic E-state index is 0.158. The zero-order valence-corrected chi connectivity index (χ0v) is 15.0. The Balaban J connectivity index is 1.47. The molecule has 0 amide bonds. The van der Waals surface area contributed by atoms with Gasteiger partial charge in [0.05, 0.1) is 12.0 Å². The first kappa shape index (κ1) is 16.3. The Kier molecular flexibility index (Phi) is 4.05. The maximum atomic E-state index is 6.22. The summed E-state index contributed by atoms with van der Waals surface area (Å²) in [5.74, 6) is 2.44. The quantitative estimate of drug-likeness (QED) is 0.751. The normalized spacial score (nSPS) is 24.7. The van der Waals surface area contributed by atoms with E-state index in [1.165, 1.54) is 6.33 Å². The monoisotopic (exact) mass is 365 g/mol. The number of nitrogens with one attached hydrogen (secondary N) is 2. The van der Waals surface area contributed by atoms with Gasteiger partial charge in [0.2, 0.25) is 0 Å². The molecule has 8 nitrogen and oxygen atoms in total. The van der Waals surface area contributed by atoms with Crippen LogP contribution in [0.25, 0.3) is 11.0 Å². The Hall–Kier alpha value is -2.87. The van der Waals surface area contributed by atoms with Crippen LogP contribution in [0.5, 0.6) is 5.88 Å². The van der Waals surface area contributed by atoms with E-state index in [0.29, 0.717) is 23.0 Å². The van der Waals surface area contributed by atoms with Crippen LogP contribution in [0.1, 0.15) is 12.8 Å². The molecule has 0 aromatic carbocycles. The largest absolute Gasteiger partial charge is 0.439 e. The van der Waals surface area contributed by atoms with Crippen LogP contribution in [-0.2, 0) is 6.54 Å². The van der Waals surface area contributed by atoms with Crippen molar-refractivity contribution >= 4 is 16.9 Å². The van der Waals surface area contributed by atoms with Crippen molar-refractivity contribution in [2.24, 2.45) is 11.8 Å². The van der Waals surface area contributed by atoms with Crippen molar-refractivity contribution < 1.29 is 4.74 Å². The van der Waals surface area contributed by atoms with Gasteiger partial charge in [0.1, 0.15) is 23.3 Å². The highest BCUT2D eigenvalue weighted by Crippen LogP contribution is 2.34. The third-order valence-electron chi connectivity index (χ3n) is 5.51. The summed E-state index contributed by atoms with van der Waals surface area (Å²) >= 11 is 0. The molecule has 1 aliphatic carbocycles. The highest BCUT2D eigenvalue weighted by molar-refractivity contribution is 5.90. The van der Waals surface area contributed by atoms with Crippen molar-refractivity contribution in [2.75, 3.05) is 18.8 Å². The van der Waals surface area contributed by atoms with E-state index >= 15 is 0 Å². The zero-order valence-electron chi connectivity index (χ0n) is 15.0. The SMILES string of the molecule is Nc1ncnc2c1c(OC1=CNC3C=CC=CC13)nn2CC1CCNCC1. The number of hydrogen-bond donors (Lipinski definition) is 3. The number of ether oxygens (including phenoxy) is 1. The summed E-state index contributed by atoms with van der Waals surface area (Å²) < 4.78 is 8.14. The summed E-state index contributed by atoms with van der Waals surface area (Å²) in [5.41, 5.74) is 6.89. The minimum Gasteiger partial charge on any atom is -0.439 e. The maximum Gasteiger partial charge on any atom is 0.251 e. The van der Waals surface area contributed by atoms with E-state index in [1.807, 2.05) is 23.0 Å². The molecule has 4 N–H and O–H groups in total. The van der Waals surface area contributed by atoms with Gasteiger partial charge in [-0.05, 0) is 31.8 Å². The van der Waals surface area contributed by atoms with E-state index in [0.717, 1.165) is 43.9 Å². The second kappa shape index (κ2) is 6.70. The first-order valence-electron chi connectivity index (χ1n) is 9.46. The number of nitrogens with zero attached hydrogens (tertiary/aromatic N) is 4.